The molecule has 5 rings (SSSR count). The van der Waals surface area contributed by atoms with Crippen LogP contribution in [0.15, 0.2) is 83.3 Å². The minimum atomic E-state index is -0.865. The number of hydrogen-bond acceptors (Lipinski definition) is 4. The molecule has 0 bridgehead atoms. The van der Waals surface area contributed by atoms with Gasteiger partial charge in [-0.1, -0.05) is 60.2 Å². The third-order valence-electron chi connectivity index (χ3n) is 5.64. The first-order chi connectivity index (χ1) is 14.6. The van der Waals surface area contributed by atoms with Gasteiger partial charge in [-0.05, 0) is 52.7 Å². The van der Waals surface area contributed by atoms with E-state index < -0.39 is 18.1 Å². The normalized spacial score (nSPS) is 23.2. The van der Waals surface area contributed by atoms with Crippen molar-refractivity contribution in [1.82, 2.24) is 0 Å². The second-order valence-electron chi connectivity index (χ2n) is 7.53. The number of imide groups is 1. The van der Waals surface area contributed by atoms with E-state index in [1.54, 1.807) is 11.1 Å². The summed E-state index contributed by atoms with van der Waals surface area (Å²) in [6.07, 6.45) is -0.865. The Bertz CT molecular complexity index is 1120. The molecule has 0 spiro atoms. The largest absolute Gasteiger partial charge is 0.273 e. The lowest BCUT2D eigenvalue weighted by Crippen LogP contribution is -2.37. The van der Waals surface area contributed by atoms with Crippen LogP contribution in [0.2, 0.25) is 0 Å². The quantitative estimate of drug-likeness (QED) is 0.524. The Hall–Kier alpha value is -2.96. The first-order valence-corrected chi connectivity index (χ1v) is 10.6. The summed E-state index contributed by atoms with van der Waals surface area (Å²) in [5.41, 5.74) is 3.42. The van der Waals surface area contributed by atoms with Crippen molar-refractivity contribution < 1.29 is 14.4 Å². The summed E-state index contributed by atoms with van der Waals surface area (Å²) in [7, 11) is 0. The maximum Gasteiger partial charge on any atom is 0.266 e. The van der Waals surface area contributed by atoms with Crippen LogP contribution in [0.5, 0.6) is 0 Å². The first-order valence-electron chi connectivity index (χ1n) is 9.76. The van der Waals surface area contributed by atoms with Gasteiger partial charge in [0.25, 0.3) is 5.91 Å². The lowest BCUT2D eigenvalue weighted by Gasteiger charge is -2.29. The molecule has 0 saturated carbocycles. The van der Waals surface area contributed by atoms with Crippen LogP contribution in [0.25, 0.3) is 0 Å². The monoisotopic (exact) mass is 462 g/mol. The van der Waals surface area contributed by atoms with E-state index in [-0.39, 0.29) is 11.8 Å². The molecule has 2 fully saturated rings. The van der Waals surface area contributed by atoms with Crippen molar-refractivity contribution in [2.24, 2.45) is 5.92 Å². The zero-order chi connectivity index (χ0) is 20.8. The molecule has 150 valence electrons. The fourth-order valence-electron chi connectivity index (χ4n) is 4.19. The molecule has 30 heavy (non-hydrogen) atoms. The molecule has 2 heterocycles. The van der Waals surface area contributed by atoms with Crippen LogP contribution in [0, 0.1) is 12.8 Å². The third-order valence-corrected chi connectivity index (χ3v) is 6.31. The van der Waals surface area contributed by atoms with Crippen molar-refractivity contribution in [1.29, 1.82) is 0 Å². The fourth-order valence-corrected chi connectivity index (χ4v) is 4.65. The van der Waals surface area contributed by atoms with E-state index in [0.29, 0.717) is 10.2 Å². The van der Waals surface area contributed by atoms with Crippen molar-refractivity contribution in [3.63, 3.8) is 0 Å². The average molecular weight is 463 g/mol. The number of carbonyl (C=O) groups is 2. The lowest BCUT2D eigenvalue weighted by atomic mass is 9.90. The highest BCUT2D eigenvalue weighted by Gasteiger charge is 2.60. The van der Waals surface area contributed by atoms with E-state index in [4.69, 9.17) is 4.84 Å². The summed E-state index contributed by atoms with van der Waals surface area (Å²) >= 11 is 3.46. The molecule has 3 aromatic rings. The van der Waals surface area contributed by atoms with E-state index in [1.165, 1.54) is 4.90 Å². The van der Waals surface area contributed by atoms with Crippen molar-refractivity contribution in [3.05, 3.63) is 94.5 Å². The predicted octanol–water partition coefficient (Wildman–Crippen LogP) is 4.81. The molecule has 2 aliphatic rings. The molecule has 0 radical (unpaired) electrons. The number of para-hydroxylation sites is 2. The Morgan fingerprint density at radius 3 is 2.20 bits per heavy atom. The van der Waals surface area contributed by atoms with Crippen LogP contribution in [0.4, 0.5) is 11.4 Å². The second-order valence-corrected chi connectivity index (χ2v) is 8.39. The van der Waals surface area contributed by atoms with E-state index in [0.717, 1.165) is 16.8 Å². The molecule has 6 heteroatoms. The molecule has 2 saturated heterocycles. The van der Waals surface area contributed by atoms with Crippen LogP contribution >= 0.6 is 15.9 Å². The number of amides is 2. The highest BCUT2D eigenvalue weighted by molar-refractivity contribution is 9.10. The predicted molar refractivity (Wildman–Crippen MR) is 118 cm³/mol. The zero-order valence-electron chi connectivity index (χ0n) is 16.2. The number of benzene rings is 3. The molecule has 3 atom stereocenters. The van der Waals surface area contributed by atoms with Gasteiger partial charge in [0.15, 0.2) is 6.10 Å². The van der Waals surface area contributed by atoms with Gasteiger partial charge in [0.1, 0.15) is 5.92 Å². The van der Waals surface area contributed by atoms with Crippen LogP contribution in [-0.2, 0) is 14.4 Å². The summed E-state index contributed by atoms with van der Waals surface area (Å²) < 4.78 is 0.693. The van der Waals surface area contributed by atoms with Crippen molar-refractivity contribution in [2.45, 2.75) is 19.1 Å². The summed E-state index contributed by atoms with van der Waals surface area (Å²) in [5, 5.41) is 1.72. The van der Waals surface area contributed by atoms with Gasteiger partial charge in [-0.3, -0.25) is 14.4 Å². The Kier molecular flexibility index (Phi) is 4.68. The van der Waals surface area contributed by atoms with Gasteiger partial charge in [-0.15, -0.1) is 0 Å². The molecular formula is C24H19BrN2O3. The van der Waals surface area contributed by atoms with E-state index >= 15 is 0 Å². The highest BCUT2D eigenvalue weighted by Crippen LogP contribution is 2.48. The Balaban J connectivity index is 1.60. The van der Waals surface area contributed by atoms with Gasteiger partial charge < -0.3 is 0 Å². The van der Waals surface area contributed by atoms with Crippen LogP contribution in [0.1, 0.15) is 17.2 Å². The summed E-state index contributed by atoms with van der Waals surface area (Å²) in [5.74, 6) is -1.22. The number of hydroxylamine groups is 1. The number of hydrogen-bond donors (Lipinski definition) is 0. The van der Waals surface area contributed by atoms with Gasteiger partial charge in [0, 0.05) is 4.47 Å². The van der Waals surface area contributed by atoms with Gasteiger partial charge >= 0.3 is 0 Å². The van der Waals surface area contributed by atoms with Gasteiger partial charge in [0.2, 0.25) is 5.91 Å². The fraction of sp³-hybridized carbons (Fsp3) is 0.167. The maximum atomic E-state index is 13.6. The Morgan fingerprint density at radius 2 is 1.50 bits per heavy atom. The summed E-state index contributed by atoms with van der Waals surface area (Å²) in [6.45, 7) is 2.02. The molecule has 0 aromatic heterocycles. The van der Waals surface area contributed by atoms with Crippen LogP contribution < -0.4 is 9.96 Å². The molecule has 2 aliphatic heterocycles. The number of carbonyl (C=O) groups excluding carboxylic acids is 2. The smallest absolute Gasteiger partial charge is 0.266 e. The number of anilines is 2. The summed E-state index contributed by atoms with van der Waals surface area (Å²) in [6, 6.07) is 24.4. The van der Waals surface area contributed by atoms with E-state index in [9.17, 15) is 9.59 Å². The first kappa shape index (κ1) is 19.0. The van der Waals surface area contributed by atoms with E-state index in [1.807, 2.05) is 79.7 Å². The lowest BCUT2D eigenvalue weighted by molar-refractivity contribution is -0.126. The van der Waals surface area contributed by atoms with Crippen LogP contribution in [0.3, 0.4) is 0 Å². The molecule has 0 unspecified atom stereocenters. The Morgan fingerprint density at radius 1 is 0.833 bits per heavy atom. The minimum absolute atomic E-state index is 0.249. The summed E-state index contributed by atoms with van der Waals surface area (Å²) in [4.78, 5) is 34.2. The maximum absolute atomic E-state index is 13.6. The van der Waals surface area contributed by atoms with Crippen molar-refractivity contribution in [3.8, 4) is 0 Å². The molecule has 5 nitrogen and oxygen atoms in total. The molecule has 2 amide bonds. The Labute approximate surface area is 183 Å². The van der Waals surface area contributed by atoms with Crippen molar-refractivity contribution >= 4 is 39.1 Å². The zero-order valence-corrected chi connectivity index (χ0v) is 17.8. The number of rotatable bonds is 3. The number of nitrogens with zero attached hydrogens (tertiary/aromatic N) is 2. The number of halogens is 1. The number of aryl methyl sites for hydroxylation is 1. The third kappa shape index (κ3) is 2.95. The topological polar surface area (TPSA) is 49.9 Å². The van der Waals surface area contributed by atoms with E-state index in [2.05, 4.69) is 15.9 Å². The minimum Gasteiger partial charge on any atom is -0.273 e. The molecule has 0 aliphatic carbocycles. The molecule has 3 aromatic carbocycles. The van der Waals surface area contributed by atoms with Gasteiger partial charge in [-0.25, -0.2) is 9.96 Å². The standard InChI is InChI=1S/C24H19BrN2O3/c1-15-11-13-16(14-12-15)21-20-22(30-27(21)17-7-3-2-4-8-17)24(29)26(23(20)28)19-10-6-5-9-18(19)25/h2-14,20-22H,1H3/t20-,21-,22+/m1/s1. The van der Waals surface area contributed by atoms with Gasteiger partial charge in [-0.2, -0.15) is 0 Å². The average Bonchev–Trinajstić information content (AvgIpc) is 3.26. The highest BCUT2D eigenvalue weighted by atomic mass is 79.9. The number of fused-ring (bicyclic) bond motifs is 1. The van der Waals surface area contributed by atoms with Crippen molar-refractivity contribution in [2.75, 3.05) is 9.96 Å². The molecule has 0 N–H and O–H groups in total. The molecular weight excluding hydrogens is 444 g/mol. The van der Waals surface area contributed by atoms with Gasteiger partial charge in [0.05, 0.1) is 17.4 Å². The van der Waals surface area contributed by atoms with Crippen LogP contribution in [-0.4, -0.2) is 17.9 Å². The SMILES string of the molecule is Cc1ccc([C@@H]2[C@H]3C(=O)N(c4ccccc4Br)C(=O)[C@H]3ON2c2ccccc2)cc1. The second kappa shape index (κ2) is 7.38.